The largest absolute Gasteiger partial charge is 0.341 e. The lowest BCUT2D eigenvalue weighted by atomic mass is 9.88. The summed E-state index contributed by atoms with van der Waals surface area (Å²) in [6.45, 7) is 4.31. The Balaban J connectivity index is 1.45. The van der Waals surface area contributed by atoms with E-state index in [1.54, 1.807) is 23.1 Å². The van der Waals surface area contributed by atoms with Gasteiger partial charge in [-0.2, -0.15) is 0 Å². The number of carbonyl (C=O) groups excluding carboxylic acids is 3. The number of benzene rings is 2. The van der Waals surface area contributed by atoms with Crippen molar-refractivity contribution in [2.24, 2.45) is 5.92 Å². The minimum atomic E-state index is -0.622. The molecule has 1 N–H and O–H groups in total. The molecule has 2 fully saturated rings. The van der Waals surface area contributed by atoms with Crippen molar-refractivity contribution < 1.29 is 18.8 Å². The van der Waals surface area contributed by atoms with Gasteiger partial charge in [0.15, 0.2) is 0 Å². The monoisotopic (exact) mass is 451 g/mol. The van der Waals surface area contributed by atoms with Gasteiger partial charge in [0, 0.05) is 37.3 Å². The molecule has 2 saturated heterocycles. The smallest absolute Gasteiger partial charge is 0.253 e. The van der Waals surface area contributed by atoms with Crippen LogP contribution in [-0.4, -0.2) is 59.7 Å². The Morgan fingerprint density at radius 3 is 2.21 bits per heavy atom. The normalized spacial score (nSPS) is 17.6. The fraction of sp³-hybridized carbons (Fsp3) is 0.423. The maximum absolute atomic E-state index is 13.5. The number of piperidine rings is 1. The summed E-state index contributed by atoms with van der Waals surface area (Å²) < 4.78 is 13.5. The maximum atomic E-state index is 13.5. The van der Waals surface area contributed by atoms with Crippen molar-refractivity contribution in [1.82, 2.24) is 15.1 Å². The van der Waals surface area contributed by atoms with Gasteiger partial charge in [0.05, 0.1) is 0 Å². The number of rotatable bonds is 5. The predicted molar refractivity (Wildman–Crippen MR) is 123 cm³/mol. The van der Waals surface area contributed by atoms with Crippen molar-refractivity contribution in [3.63, 3.8) is 0 Å². The first-order chi connectivity index (χ1) is 15.9. The second kappa shape index (κ2) is 10.1. The van der Waals surface area contributed by atoms with Gasteiger partial charge in [-0.25, -0.2) is 4.39 Å². The molecular formula is C26H30FN3O3. The van der Waals surface area contributed by atoms with E-state index in [0.717, 1.165) is 18.4 Å². The Morgan fingerprint density at radius 1 is 0.909 bits per heavy atom. The second-order valence-corrected chi connectivity index (χ2v) is 8.99. The van der Waals surface area contributed by atoms with E-state index in [1.807, 2.05) is 24.0 Å². The van der Waals surface area contributed by atoms with Crippen molar-refractivity contribution in [3.05, 3.63) is 71.0 Å². The van der Waals surface area contributed by atoms with E-state index in [4.69, 9.17) is 0 Å². The van der Waals surface area contributed by atoms with Gasteiger partial charge < -0.3 is 15.1 Å². The number of likely N-dealkylation sites (tertiary alicyclic amines) is 2. The number of nitrogens with one attached hydrogen (secondary N) is 1. The molecule has 6 nitrogen and oxygen atoms in total. The second-order valence-electron chi connectivity index (χ2n) is 8.99. The Morgan fingerprint density at radius 2 is 1.58 bits per heavy atom. The molecule has 1 atom stereocenters. The molecule has 0 bridgehead atoms. The number of hydrogen-bond acceptors (Lipinski definition) is 3. The van der Waals surface area contributed by atoms with Crippen LogP contribution in [0.4, 0.5) is 4.39 Å². The third kappa shape index (κ3) is 5.41. The maximum Gasteiger partial charge on any atom is 0.253 e. The van der Waals surface area contributed by atoms with Crippen LogP contribution in [0.15, 0.2) is 48.5 Å². The average molecular weight is 452 g/mol. The predicted octanol–water partition coefficient (Wildman–Crippen LogP) is 3.41. The minimum absolute atomic E-state index is 0.0390. The zero-order valence-electron chi connectivity index (χ0n) is 18.9. The first-order valence-electron chi connectivity index (χ1n) is 11.6. The molecule has 3 amide bonds. The van der Waals surface area contributed by atoms with Gasteiger partial charge in [-0.15, -0.1) is 0 Å². The Kier molecular flexibility index (Phi) is 7.06. The lowest BCUT2D eigenvalue weighted by Gasteiger charge is -2.37. The molecule has 2 aromatic carbocycles. The highest BCUT2D eigenvalue weighted by atomic mass is 19.1. The third-order valence-corrected chi connectivity index (χ3v) is 6.65. The fourth-order valence-corrected chi connectivity index (χ4v) is 4.68. The summed E-state index contributed by atoms with van der Waals surface area (Å²) in [6.07, 6.45) is 3.15. The molecule has 2 aliphatic heterocycles. The molecule has 174 valence electrons. The van der Waals surface area contributed by atoms with Crippen LogP contribution in [0.3, 0.4) is 0 Å². The first kappa shape index (κ1) is 23.0. The van der Waals surface area contributed by atoms with Crippen LogP contribution in [0, 0.1) is 18.7 Å². The number of aryl methyl sites for hydroxylation is 1. The first-order valence-corrected chi connectivity index (χ1v) is 11.6. The highest BCUT2D eigenvalue weighted by Crippen LogP contribution is 2.25. The van der Waals surface area contributed by atoms with Gasteiger partial charge in [0.25, 0.3) is 11.8 Å². The minimum Gasteiger partial charge on any atom is -0.341 e. The summed E-state index contributed by atoms with van der Waals surface area (Å²) in [7, 11) is 0. The van der Waals surface area contributed by atoms with E-state index >= 15 is 0 Å². The van der Waals surface area contributed by atoms with Crippen molar-refractivity contribution in [1.29, 1.82) is 0 Å². The van der Waals surface area contributed by atoms with Crippen LogP contribution in [0.1, 0.15) is 52.0 Å². The number of nitrogens with zero attached hydrogens (tertiary/aromatic N) is 2. The zero-order valence-corrected chi connectivity index (χ0v) is 18.9. The SMILES string of the molecule is Cc1ccc(C(=O)N[C@@H](C(=O)N2CCCC2)C2CCN(C(=O)c3cccc(F)c3)CC2)cc1. The highest BCUT2D eigenvalue weighted by Gasteiger charge is 2.37. The fourth-order valence-electron chi connectivity index (χ4n) is 4.68. The number of amides is 3. The molecule has 0 aliphatic carbocycles. The van der Waals surface area contributed by atoms with E-state index in [-0.39, 0.29) is 23.6 Å². The van der Waals surface area contributed by atoms with Crippen LogP contribution in [0.25, 0.3) is 0 Å². The summed E-state index contributed by atoms with van der Waals surface area (Å²) in [5, 5.41) is 3.00. The highest BCUT2D eigenvalue weighted by molar-refractivity contribution is 5.98. The lowest BCUT2D eigenvalue weighted by Crippen LogP contribution is -2.54. The van der Waals surface area contributed by atoms with Gasteiger partial charge in [-0.05, 0) is 68.9 Å². The van der Waals surface area contributed by atoms with Crippen LogP contribution in [-0.2, 0) is 4.79 Å². The topological polar surface area (TPSA) is 69.7 Å². The van der Waals surface area contributed by atoms with Crippen LogP contribution < -0.4 is 5.32 Å². The molecule has 7 heteroatoms. The molecule has 0 radical (unpaired) electrons. The summed E-state index contributed by atoms with van der Waals surface area (Å²) in [6, 6.07) is 12.4. The van der Waals surface area contributed by atoms with E-state index in [1.165, 1.54) is 18.2 Å². The average Bonchev–Trinajstić information content (AvgIpc) is 3.37. The summed E-state index contributed by atoms with van der Waals surface area (Å²) in [4.78, 5) is 42.6. The van der Waals surface area contributed by atoms with E-state index in [0.29, 0.717) is 50.1 Å². The lowest BCUT2D eigenvalue weighted by molar-refractivity contribution is -0.134. The zero-order chi connectivity index (χ0) is 23.4. The van der Waals surface area contributed by atoms with Crippen molar-refractivity contribution in [2.75, 3.05) is 26.2 Å². The van der Waals surface area contributed by atoms with Crippen molar-refractivity contribution >= 4 is 17.7 Å². The number of carbonyl (C=O) groups is 3. The van der Waals surface area contributed by atoms with Gasteiger partial charge in [0.2, 0.25) is 5.91 Å². The quantitative estimate of drug-likeness (QED) is 0.758. The molecule has 2 aromatic rings. The standard InChI is InChI=1S/C26H30FN3O3/c1-18-7-9-20(10-8-18)24(31)28-23(26(33)29-13-2-3-14-29)19-11-15-30(16-12-19)25(32)21-5-4-6-22(27)17-21/h4-10,17,19,23H,2-3,11-16H2,1H3,(H,28,31)/t23-/m1/s1. The molecule has 0 aromatic heterocycles. The molecule has 0 unspecified atom stereocenters. The molecule has 33 heavy (non-hydrogen) atoms. The summed E-state index contributed by atoms with van der Waals surface area (Å²) in [5.74, 6) is -1.01. The third-order valence-electron chi connectivity index (χ3n) is 6.65. The van der Waals surface area contributed by atoms with Gasteiger partial charge in [-0.3, -0.25) is 14.4 Å². The van der Waals surface area contributed by atoms with E-state index in [9.17, 15) is 18.8 Å². The molecule has 4 rings (SSSR count). The molecule has 0 saturated carbocycles. The van der Waals surface area contributed by atoms with Gasteiger partial charge in [-0.1, -0.05) is 23.8 Å². The Hall–Kier alpha value is -3.22. The molecule has 2 heterocycles. The molecule has 0 spiro atoms. The van der Waals surface area contributed by atoms with Crippen molar-refractivity contribution in [3.8, 4) is 0 Å². The van der Waals surface area contributed by atoms with Crippen LogP contribution in [0.2, 0.25) is 0 Å². The molecule has 2 aliphatic rings. The number of hydrogen-bond donors (Lipinski definition) is 1. The van der Waals surface area contributed by atoms with Gasteiger partial charge >= 0.3 is 0 Å². The van der Waals surface area contributed by atoms with Gasteiger partial charge in [0.1, 0.15) is 11.9 Å². The Bertz CT molecular complexity index is 1010. The van der Waals surface area contributed by atoms with Crippen LogP contribution >= 0.6 is 0 Å². The Labute approximate surface area is 193 Å². The number of halogens is 1. The summed E-state index contributed by atoms with van der Waals surface area (Å²) in [5.41, 5.74) is 1.91. The van der Waals surface area contributed by atoms with Crippen molar-refractivity contribution in [2.45, 2.75) is 38.6 Å². The van der Waals surface area contributed by atoms with E-state index in [2.05, 4.69) is 5.32 Å². The van der Waals surface area contributed by atoms with E-state index < -0.39 is 11.9 Å². The molecular weight excluding hydrogens is 421 g/mol. The summed E-state index contributed by atoms with van der Waals surface area (Å²) >= 11 is 0. The van der Waals surface area contributed by atoms with Crippen LogP contribution in [0.5, 0.6) is 0 Å².